The van der Waals surface area contributed by atoms with Crippen molar-refractivity contribution in [2.45, 2.75) is 12.1 Å². The lowest BCUT2D eigenvalue weighted by atomic mass is 10.2. The molecule has 58 valence electrons. The van der Waals surface area contributed by atoms with Crippen molar-refractivity contribution in [3.63, 3.8) is 0 Å². The summed E-state index contributed by atoms with van der Waals surface area (Å²) in [5.74, 6) is -5.55. The highest BCUT2D eigenvalue weighted by Gasteiger charge is 2.39. The van der Waals surface area contributed by atoms with Gasteiger partial charge in [0.05, 0.1) is 0 Å². The first kappa shape index (κ1) is 9.20. The minimum absolute atomic E-state index is 0.0441. The van der Waals surface area contributed by atoms with Crippen molar-refractivity contribution in [3.8, 4) is 0 Å². The van der Waals surface area contributed by atoms with E-state index in [9.17, 15) is 17.6 Å². The van der Waals surface area contributed by atoms with Crippen LogP contribution in [0.25, 0.3) is 0 Å². The van der Waals surface area contributed by atoms with Crippen LogP contribution in [0, 0.1) is 0 Å². The molecule has 0 radical (unpaired) electrons. The molecule has 0 saturated carbocycles. The van der Waals surface area contributed by atoms with Crippen LogP contribution in [0.15, 0.2) is 25.1 Å². The van der Waals surface area contributed by atoms with Crippen LogP contribution < -0.4 is 0 Å². The molecule has 0 saturated heterocycles. The van der Waals surface area contributed by atoms with Crippen molar-refractivity contribution in [3.05, 3.63) is 25.1 Å². The molecule has 0 amide bonds. The summed E-state index contributed by atoms with van der Waals surface area (Å²) in [4.78, 5) is 0. The number of rotatable bonds is 3. The number of halogens is 4. The largest absolute Gasteiger partial charge is 0.303 e. The van der Waals surface area contributed by atoms with E-state index >= 15 is 0 Å². The minimum atomic E-state index is -3.86. The fourth-order valence-electron chi connectivity index (χ4n) is 0.312. The van der Waals surface area contributed by atoms with Crippen LogP contribution in [0.3, 0.4) is 0 Å². The zero-order chi connectivity index (χ0) is 8.36. The quantitative estimate of drug-likeness (QED) is 0.433. The van der Waals surface area contributed by atoms with Crippen LogP contribution in [0.5, 0.6) is 0 Å². The van der Waals surface area contributed by atoms with Crippen molar-refractivity contribution >= 4 is 0 Å². The van der Waals surface area contributed by atoms with E-state index in [1.165, 1.54) is 0 Å². The van der Waals surface area contributed by atoms with E-state index in [1.54, 1.807) is 0 Å². The van der Waals surface area contributed by atoms with Gasteiger partial charge in [-0.25, -0.2) is 8.78 Å². The normalized spacial score (nSPS) is 14.4. The summed E-state index contributed by atoms with van der Waals surface area (Å²) in [6, 6.07) is 0. The number of allylic oxidation sites excluding steroid dienone is 2. The zero-order valence-electron chi connectivity index (χ0n) is 5.08. The maximum Gasteiger partial charge on any atom is 0.303 e. The summed E-state index contributed by atoms with van der Waals surface area (Å²) in [5, 5.41) is 0. The lowest BCUT2D eigenvalue weighted by molar-refractivity contribution is -0.0186. The van der Waals surface area contributed by atoms with E-state index in [0.29, 0.717) is 0 Å². The van der Waals surface area contributed by atoms with Crippen molar-refractivity contribution in [1.29, 1.82) is 0 Å². The molecule has 1 unspecified atom stereocenters. The van der Waals surface area contributed by atoms with Crippen LogP contribution in [0.1, 0.15) is 0 Å². The van der Waals surface area contributed by atoms with Gasteiger partial charge in [0.1, 0.15) is 5.83 Å². The highest BCUT2D eigenvalue weighted by molar-refractivity contribution is 5.05. The molecule has 0 heterocycles. The molecular weight excluding hydrogens is 148 g/mol. The van der Waals surface area contributed by atoms with Gasteiger partial charge in [-0.15, -0.1) is 0 Å². The maximum atomic E-state index is 12.0. The third kappa shape index (κ3) is 1.86. The Morgan fingerprint density at radius 2 is 1.90 bits per heavy atom. The van der Waals surface area contributed by atoms with Crippen molar-refractivity contribution in [2.24, 2.45) is 0 Å². The predicted octanol–water partition coefficient (Wildman–Crippen LogP) is 2.63. The molecule has 0 aromatic carbocycles. The number of alkyl halides is 3. The first-order valence-electron chi connectivity index (χ1n) is 2.41. The average Bonchev–Trinajstić information content (AvgIpc) is 1.86. The van der Waals surface area contributed by atoms with Crippen molar-refractivity contribution < 1.29 is 17.6 Å². The Morgan fingerprint density at radius 3 is 2.00 bits per heavy atom. The lowest BCUT2D eigenvalue weighted by Gasteiger charge is -2.13. The summed E-state index contributed by atoms with van der Waals surface area (Å²) in [5.41, 5.74) is 0. The van der Waals surface area contributed by atoms with Gasteiger partial charge in [-0.1, -0.05) is 13.2 Å². The van der Waals surface area contributed by atoms with E-state index in [4.69, 9.17) is 0 Å². The van der Waals surface area contributed by atoms with E-state index in [2.05, 4.69) is 13.2 Å². The monoisotopic (exact) mass is 154 g/mol. The maximum absolute atomic E-state index is 12.0. The third-order valence-corrected chi connectivity index (χ3v) is 0.885. The molecule has 0 spiro atoms. The van der Waals surface area contributed by atoms with Gasteiger partial charge in [-0.3, -0.25) is 0 Å². The van der Waals surface area contributed by atoms with Gasteiger partial charge < -0.3 is 0 Å². The molecule has 0 N–H and O–H groups in total. The van der Waals surface area contributed by atoms with Crippen LogP contribution in [-0.4, -0.2) is 12.1 Å². The molecule has 0 aliphatic heterocycles. The smallest absolute Gasteiger partial charge is 0.233 e. The second-order valence-corrected chi connectivity index (χ2v) is 1.69. The Balaban J connectivity index is 4.31. The Morgan fingerprint density at radius 1 is 1.50 bits per heavy atom. The van der Waals surface area contributed by atoms with Gasteiger partial charge in [0.25, 0.3) is 0 Å². The Kier molecular flexibility index (Phi) is 2.63. The first-order chi connectivity index (χ1) is 4.41. The lowest BCUT2D eigenvalue weighted by Crippen LogP contribution is -2.27. The predicted molar refractivity (Wildman–Crippen MR) is 30.3 cm³/mol. The summed E-state index contributed by atoms with van der Waals surface area (Å²) < 4.78 is 47.7. The summed E-state index contributed by atoms with van der Waals surface area (Å²) >= 11 is 0. The SMILES string of the molecule is C=CC(F)(F)C(F)C(=C)F. The Labute approximate surface area is 55.8 Å². The summed E-state index contributed by atoms with van der Waals surface area (Å²) in [6.07, 6.45) is -2.94. The van der Waals surface area contributed by atoms with Gasteiger partial charge in [0.2, 0.25) is 6.17 Å². The second kappa shape index (κ2) is 2.86. The van der Waals surface area contributed by atoms with Crippen LogP contribution in [0.2, 0.25) is 0 Å². The molecule has 0 rings (SSSR count). The van der Waals surface area contributed by atoms with E-state index in [1.807, 2.05) is 0 Å². The van der Waals surface area contributed by atoms with Crippen LogP contribution in [-0.2, 0) is 0 Å². The molecule has 0 aromatic rings. The van der Waals surface area contributed by atoms with Gasteiger partial charge in [-0.2, -0.15) is 8.78 Å². The Hall–Kier alpha value is -0.800. The van der Waals surface area contributed by atoms with Crippen molar-refractivity contribution in [1.82, 2.24) is 0 Å². The molecule has 0 nitrogen and oxygen atoms in total. The Bertz CT molecular complexity index is 150. The molecule has 1 atom stereocenters. The molecule has 0 aromatic heterocycles. The number of hydrogen-bond acceptors (Lipinski definition) is 0. The molecule has 0 bridgehead atoms. The fourth-order valence-corrected chi connectivity index (χ4v) is 0.312. The van der Waals surface area contributed by atoms with Gasteiger partial charge in [0.15, 0.2) is 0 Å². The molecular formula is C6H6F4. The van der Waals surface area contributed by atoms with Gasteiger partial charge >= 0.3 is 5.92 Å². The highest BCUT2D eigenvalue weighted by atomic mass is 19.3. The van der Waals surface area contributed by atoms with Crippen molar-refractivity contribution in [2.75, 3.05) is 0 Å². The molecule has 10 heavy (non-hydrogen) atoms. The molecule has 0 fully saturated rings. The van der Waals surface area contributed by atoms with E-state index in [0.717, 1.165) is 0 Å². The van der Waals surface area contributed by atoms with Crippen LogP contribution >= 0.6 is 0 Å². The molecule has 4 heteroatoms. The van der Waals surface area contributed by atoms with Gasteiger partial charge in [-0.05, 0) is 6.08 Å². The minimum Gasteiger partial charge on any atom is -0.233 e. The molecule has 0 aliphatic carbocycles. The topological polar surface area (TPSA) is 0 Å². The fraction of sp³-hybridized carbons (Fsp3) is 0.333. The third-order valence-electron chi connectivity index (χ3n) is 0.885. The molecule has 0 aliphatic rings. The van der Waals surface area contributed by atoms with Crippen LogP contribution in [0.4, 0.5) is 17.6 Å². The second-order valence-electron chi connectivity index (χ2n) is 1.69. The van der Waals surface area contributed by atoms with Gasteiger partial charge in [0, 0.05) is 0 Å². The average molecular weight is 154 g/mol. The standard InChI is InChI=1S/C6H6F4/c1-3-6(9,10)5(8)4(2)7/h3,5H,1-2H2. The zero-order valence-corrected chi connectivity index (χ0v) is 5.08. The van der Waals surface area contributed by atoms with E-state index < -0.39 is 17.9 Å². The van der Waals surface area contributed by atoms with E-state index in [-0.39, 0.29) is 6.08 Å². The summed E-state index contributed by atoms with van der Waals surface area (Å²) in [7, 11) is 0. The highest BCUT2D eigenvalue weighted by Crippen LogP contribution is 2.27. The first-order valence-corrected chi connectivity index (χ1v) is 2.41. The summed E-state index contributed by atoms with van der Waals surface area (Å²) in [6.45, 7) is 5.04. The number of hydrogen-bond donors (Lipinski definition) is 0.